The molecule has 0 bridgehead atoms. The summed E-state index contributed by atoms with van der Waals surface area (Å²) in [5.41, 5.74) is 2.37. The molecule has 0 unspecified atom stereocenters. The molecule has 1 saturated carbocycles. The van der Waals surface area contributed by atoms with Gasteiger partial charge in [-0.3, -0.25) is 9.89 Å². The molecule has 4 rings (SSSR count). The summed E-state index contributed by atoms with van der Waals surface area (Å²) in [6.07, 6.45) is 4.07. The maximum Gasteiger partial charge on any atom is 0.251 e. The van der Waals surface area contributed by atoms with Gasteiger partial charge in [0, 0.05) is 42.5 Å². The smallest absolute Gasteiger partial charge is 0.251 e. The second-order valence-electron chi connectivity index (χ2n) is 7.31. The molecule has 9 nitrogen and oxygen atoms in total. The molecule has 3 aromatic rings. The first kappa shape index (κ1) is 21.3. The number of carbonyl (C=O) groups excluding carboxylic acids is 1. The molecule has 2 heterocycles. The van der Waals surface area contributed by atoms with Gasteiger partial charge >= 0.3 is 0 Å². The molecule has 0 radical (unpaired) electrons. The van der Waals surface area contributed by atoms with Crippen molar-refractivity contribution in [1.29, 1.82) is 0 Å². The fourth-order valence-corrected chi connectivity index (χ4v) is 3.33. The van der Waals surface area contributed by atoms with E-state index in [2.05, 4.69) is 57.4 Å². The monoisotopic (exact) mass is 484 g/mol. The van der Waals surface area contributed by atoms with Gasteiger partial charge in [-0.1, -0.05) is 13.0 Å². The Kier molecular flexibility index (Phi) is 6.78. The van der Waals surface area contributed by atoms with Crippen LogP contribution in [0.2, 0.25) is 0 Å². The summed E-state index contributed by atoms with van der Waals surface area (Å²) >= 11 is 3.48. The van der Waals surface area contributed by atoms with Crippen LogP contribution in [0.25, 0.3) is 0 Å². The highest BCUT2D eigenvalue weighted by atomic mass is 79.9. The van der Waals surface area contributed by atoms with Crippen molar-refractivity contribution in [2.45, 2.75) is 25.7 Å². The lowest BCUT2D eigenvalue weighted by Crippen LogP contribution is -2.31. The van der Waals surface area contributed by atoms with Gasteiger partial charge in [-0.2, -0.15) is 10.1 Å². The Labute approximate surface area is 189 Å². The summed E-state index contributed by atoms with van der Waals surface area (Å²) in [5.74, 6) is 2.26. The van der Waals surface area contributed by atoms with Crippen molar-refractivity contribution in [2.75, 3.05) is 30.3 Å². The quantitative estimate of drug-likeness (QED) is 0.278. The van der Waals surface area contributed by atoms with Crippen molar-refractivity contribution in [2.24, 2.45) is 0 Å². The van der Waals surface area contributed by atoms with E-state index in [9.17, 15) is 4.79 Å². The predicted octanol–water partition coefficient (Wildman–Crippen LogP) is 3.67. The lowest BCUT2D eigenvalue weighted by Gasteiger charge is -2.10. The summed E-state index contributed by atoms with van der Waals surface area (Å²) in [6, 6.07) is 9.25. The van der Waals surface area contributed by atoms with Crippen LogP contribution in [0.1, 0.15) is 41.7 Å². The minimum atomic E-state index is -0.119. The molecule has 1 fully saturated rings. The van der Waals surface area contributed by atoms with Crippen LogP contribution in [0, 0.1) is 0 Å². The number of likely N-dealkylation sites (N-methyl/N-ethyl adjacent to an activating group) is 1. The third-order valence-corrected chi connectivity index (χ3v) is 5.39. The molecule has 5 N–H and O–H groups in total. The molecule has 162 valence electrons. The third kappa shape index (κ3) is 5.80. The van der Waals surface area contributed by atoms with Crippen molar-refractivity contribution in [1.82, 2.24) is 30.8 Å². The Morgan fingerprint density at radius 1 is 1.23 bits per heavy atom. The van der Waals surface area contributed by atoms with E-state index in [0.29, 0.717) is 29.8 Å². The number of halogens is 1. The average Bonchev–Trinajstić information content (AvgIpc) is 3.52. The van der Waals surface area contributed by atoms with E-state index in [1.807, 2.05) is 25.1 Å². The molecular formula is C21H25BrN8O. The number of aromatic nitrogens is 4. The van der Waals surface area contributed by atoms with Crippen molar-refractivity contribution >= 4 is 45.1 Å². The second kappa shape index (κ2) is 9.88. The van der Waals surface area contributed by atoms with Crippen LogP contribution in [0.5, 0.6) is 0 Å². The van der Waals surface area contributed by atoms with Gasteiger partial charge in [0.1, 0.15) is 5.82 Å². The van der Waals surface area contributed by atoms with Crippen LogP contribution in [0.4, 0.5) is 23.3 Å². The van der Waals surface area contributed by atoms with Gasteiger partial charge < -0.3 is 21.3 Å². The number of carbonyl (C=O) groups is 1. The maximum atomic E-state index is 12.3. The van der Waals surface area contributed by atoms with Crippen molar-refractivity contribution in [3.05, 3.63) is 52.3 Å². The number of hydrogen-bond acceptors (Lipinski definition) is 7. The molecule has 1 aromatic carbocycles. The molecule has 0 atom stereocenters. The molecule has 1 amide bonds. The number of hydrogen-bond donors (Lipinski definition) is 5. The summed E-state index contributed by atoms with van der Waals surface area (Å²) in [4.78, 5) is 21.2. The summed E-state index contributed by atoms with van der Waals surface area (Å²) < 4.78 is 0.731. The fourth-order valence-electron chi connectivity index (χ4n) is 3.04. The van der Waals surface area contributed by atoms with E-state index in [1.165, 1.54) is 12.8 Å². The molecule has 10 heteroatoms. The first-order chi connectivity index (χ1) is 15.1. The lowest BCUT2D eigenvalue weighted by molar-refractivity contribution is 0.0954. The summed E-state index contributed by atoms with van der Waals surface area (Å²) in [7, 11) is 0. The minimum absolute atomic E-state index is 0.119. The van der Waals surface area contributed by atoms with Crippen molar-refractivity contribution in [3.63, 3.8) is 0 Å². The number of H-pyrrole nitrogens is 1. The zero-order valence-electron chi connectivity index (χ0n) is 17.2. The zero-order chi connectivity index (χ0) is 21.6. The topological polar surface area (TPSA) is 120 Å². The van der Waals surface area contributed by atoms with Gasteiger partial charge in [0.2, 0.25) is 5.95 Å². The minimum Gasteiger partial charge on any atom is -0.351 e. The van der Waals surface area contributed by atoms with E-state index in [1.54, 1.807) is 18.3 Å². The Hall–Kier alpha value is -2.98. The Bertz CT molecular complexity index is 1050. The highest BCUT2D eigenvalue weighted by Crippen LogP contribution is 2.39. The van der Waals surface area contributed by atoms with Gasteiger partial charge in [-0.25, -0.2) is 4.98 Å². The molecule has 31 heavy (non-hydrogen) atoms. The van der Waals surface area contributed by atoms with E-state index in [-0.39, 0.29) is 5.91 Å². The fraction of sp³-hybridized carbons (Fsp3) is 0.333. The second-order valence-corrected chi connectivity index (χ2v) is 8.17. The normalized spacial score (nSPS) is 13.1. The Morgan fingerprint density at radius 3 is 2.90 bits per heavy atom. The van der Waals surface area contributed by atoms with Gasteiger partial charge in [0.15, 0.2) is 5.82 Å². The van der Waals surface area contributed by atoms with Crippen LogP contribution >= 0.6 is 15.9 Å². The highest BCUT2D eigenvalue weighted by Gasteiger charge is 2.26. The van der Waals surface area contributed by atoms with Gasteiger partial charge in [-0.15, -0.1) is 0 Å². The van der Waals surface area contributed by atoms with E-state index in [0.717, 1.165) is 34.8 Å². The number of rotatable bonds is 10. The molecule has 2 aromatic heterocycles. The Balaban J connectivity index is 1.41. The molecule has 0 spiro atoms. The number of benzene rings is 1. The van der Waals surface area contributed by atoms with Crippen LogP contribution in [0.15, 0.2) is 41.0 Å². The Morgan fingerprint density at radius 2 is 2.10 bits per heavy atom. The average molecular weight is 485 g/mol. The first-order valence-electron chi connectivity index (χ1n) is 10.3. The molecule has 1 aliphatic carbocycles. The number of nitrogens with zero attached hydrogens (tertiary/aromatic N) is 3. The summed E-state index contributed by atoms with van der Waals surface area (Å²) in [5, 5.41) is 19.8. The SMILES string of the molecule is CCNCCNC(=O)c1cccc(Nc2ncc(Br)c(Nc3cc(C4CC4)n[nH]3)n2)c1. The molecule has 0 aliphatic heterocycles. The highest BCUT2D eigenvalue weighted by molar-refractivity contribution is 9.10. The number of aromatic amines is 1. The van der Waals surface area contributed by atoms with E-state index >= 15 is 0 Å². The zero-order valence-corrected chi connectivity index (χ0v) is 18.8. The van der Waals surface area contributed by atoms with Crippen LogP contribution in [-0.2, 0) is 0 Å². The molecular weight excluding hydrogens is 460 g/mol. The summed E-state index contributed by atoms with van der Waals surface area (Å²) in [6.45, 7) is 4.22. The maximum absolute atomic E-state index is 12.3. The van der Waals surface area contributed by atoms with Gasteiger partial charge in [0.25, 0.3) is 5.91 Å². The van der Waals surface area contributed by atoms with Crippen LogP contribution in [-0.4, -0.2) is 45.7 Å². The van der Waals surface area contributed by atoms with Crippen molar-refractivity contribution < 1.29 is 4.79 Å². The standard InChI is InChI=1S/C21H25BrN8O/c1-2-23-8-9-24-20(31)14-4-3-5-15(10-14)26-21-25-12-16(22)19(28-21)27-18-11-17(29-30-18)13-6-7-13/h3-5,10-13,23H,2,6-9H2,1H3,(H,24,31)(H3,25,26,27,28,29,30). The molecule has 1 aliphatic rings. The van der Waals surface area contributed by atoms with Crippen molar-refractivity contribution in [3.8, 4) is 0 Å². The predicted molar refractivity (Wildman–Crippen MR) is 124 cm³/mol. The lowest BCUT2D eigenvalue weighted by atomic mass is 10.2. The third-order valence-electron chi connectivity index (χ3n) is 4.81. The number of nitrogens with one attached hydrogen (secondary N) is 5. The van der Waals surface area contributed by atoms with E-state index < -0.39 is 0 Å². The molecule has 0 saturated heterocycles. The van der Waals surface area contributed by atoms with Gasteiger partial charge in [-0.05, 0) is 53.5 Å². The number of anilines is 4. The van der Waals surface area contributed by atoms with Crippen LogP contribution < -0.4 is 21.3 Å². The largest absolute Gasteiger partial charge is 0.351 e. The van der Waals surface area contributed by atoms with E-state index in [4.69, 9.17) is 0 Å². The number of amides is 1. The first-order valence-corrected chi connectivity index (χ1v) is 11.1. The van der Waals surface area contributed by atoms with Gasteiger partial charge in [0.05, 0.1) is 10.2 Å². The van der Waals surface area contributed by atoms with Crippen LogP contribution in [0.3, 0.4) is 0 Å².